The summed E-state index contributed by atoms with van der Waals surface area (Å²) in [6, 6.07) is 8.02. The van der Waals surface area contributed by atoms with E-state index in [1.54, 1.807) is 36.5 Å². The number of amides is 1. The minimum atomic E-state index is -0.400. The van der Waals surface area contributed by atoms with E-state index in [4.69, 9.17) is 4.74 Å². The number of nitrogens with zero attached hydrogens (tertiary/aromatic N) is 1. The van der Waals surface area contributed by atoms with Gasteiger partial charge in [-0.1, -0.05) is 12.1 Å². The maximum absolute atomic E-state index is 13.4. The molecule has 0 unspecified atom stereocenters. The summed E-state index contributed by atoms with van der Waals surface area (Å²) in [4.78, 5) is 33.0. The molecular formula is C21H24N2O3S2. The monoisotopic (exact) mass is 416 g/mol. The number of hydrogen-bond acceptors (Lipinski definition) is 5. The highest BCUT2D eigenvalue weighted by atomic mass is 32.1. The Morgan fingerprint density at radius 3 is 2.11 bits per heavy atom. The molecule has 3 rings (SSSR count). The third kappa shape index (κ3) is 4.54. The molecular weight excluding hydrogens is 392 g/mol. The van der Waals surface area contributed by atoms with Gasteiger partial charge in [-0.25, -0.2) is 4.79 Å². The molecule has 0 saturated carbocycles. The molecule has 0 aliphatic heterocycles. The van der Waals surface area contributed by atoms with Crippen molar-refractivity contribution in [1.82, 2.24) is 9.88 Å². The average Bonchev–Trinajstić information content (AvgIpc) is 3.35. The van der Waals surface area contributed by atoms with E-state index < -0.39 is 5.97 Å². The molecule has 0 aromatic carbocycles. The number of hydrogen-bond donors (Lipinski definition) is 1. The first kappa shape index (κ1) is 20.4. The molecule has 0 bridgehead atoms. The van der Waals surface area contributed by atoms with Crippen LogP contribution in [0.5, 0.6) is 0 Å². The topological polar surface area (TPSA) is 62.4 Å². The molecule has 0 saturated heterocycles. The molecule has 0 fully saturated rings. The molecule has 3 heterocycles. The summed E-state index contributed by atoms with van der Waals surface area (Å²) in [7, 11) is 0. The quantitative estimate of drug-likeness (QED) is 0.541. The van der Waals surface area contributed by atoms with Crippen molar-refractivity contribution in [2.45, 2.75) is 46.9 Å². The molecule has 0 aliphatic rings. The summed E-state index contributed by atoms with van der Waals surface area (Å²) in [5, 5.41) is 4.01. The van der Waals surface area contributed by atoms with Crippen LogP contribution in [0.15, 0.2) is 35.0 Å². The lowest BCUT2D eigenvalue weighted by atomic mass is 10.1. The Bertz CT molecular complexity index is 905. The lowest BCUT2D eigenvalue weighted by Crippen LogP contribution is -2.30. The number of esters is 1. The van der Waals surface area contributed by atoms with Crippen molar-refractivity contribution in [3.8, 4) is 0 Å². The molecule has 0 atom stereocenters. The van der Waals surface area contributed by atoms with Gasteiger partial charge in [0.15, 0.2) is 0 Å². The zero-order valence-electron chi connectivity index (χ0n) is 16.4. The number of aromatic amines is 1. The maximum Gasteiger partial charge on any atom is 0.340 e. The first-order chi connectivity index (χ1) is 13.4. The van der Waals surface area contributed by atoms with Crippen molar-refractivity contribution < 1.29 is 14.3 Å². The van der Waals surface area contributed by atoms with Gasteiger partial charge in [-0.15, -0.1) is 22.7 Å². The van der Waals surface area contributed by atoms with Crippen LogP contribution < -0.4 is 0 Å². The summed E-state index contributed by atoms with van der Waals surface area (Å²) in [6.07, 6.45) is -0.213. The Balaban J connectivity index is 1.90. The van der Waals surface area contributed by atoms with E-state index in [-0.39, 0.29) is 12.0 Å². The molecule has 1 amide bonds. The van der Waals surface area contributed by atoms with Gasteiger partial charge in [0.25, 0.3) is 5.91 Å². The third-order valence-electron chi connectivity index (χ3n) is 4.34. The predicted octanol–water partition coefficient (Wildman–Crippen LogP) is 5.16. The van der Waals surface area contributed by atoms with E-state index in [1.165, 1.54) is 0 Å². The highest BCUT2D eigenvalue weighted by molar-refractivity contribution is 7.10. The standard InChI is InChI=1S/C21H24N2O3S2/c1-13(2)26-21(25)18-14(3)19(22-15(18)4)20(24)23(11-16-7-5-9-27-16)12-17-8-6-10-28-17/h5-10,13,22H,11-12H2,1-4H3. The zero-order valence-corrected chi connectivity index (χ0v) is 18.1. The minimum absolute atomic E-state index is 0.119. The number of ether oxygens (including phenoxy) is 1. The van der Waals surface area contributed by atoms with Gasteiger partial charge < -0.3 is 14.6 Å². The van der Waals surface area contributed by atoms with Crippen LogP contribution >= 0.6 is 22.7 Å². The van der Waals surface area contributed by atoms with Gasteiger partial charge in [-0.3, -0.25) is 4.79 Å². The van der Waals surface area contributed by atoms with E-state index >= 15 is 0 Å². The SMILES string of the molecule is Cc1[nH]c(C(=O)N(Cc2cccs2)Cc2cccs2)c(C)c1C(=O)OC(C)C. The fraction of sp³-hybridized carbons (Fsp3) is 0.333. The summed E-state index contributed by atoms with van der Waals surface area (Å²) in [6.45, 7) is 8.26. The number of nitrogens with one attached hydrogen (secondary N) is 1. The largest absolute Gasteiger partial charge is 0.459 e. The first-order valence-corrected chi connectivity index (χ1v) is 10.9. The van der Waals surface area contributed by atoms with Crippen LogP contribution in [0, 0.1) is 13.8 Å². The van der Waals surface area contributed by atoms with Gasteiger partial charge in [0, 0.05) is 15.4 Å². The van der Waals surface area contributed by atoms with Gasteiger partial charge in [0.05, 0.1) is 24.8 Å². The Morgan fingerprint density at radius 1 is 1.07 bits per heavy atom. The summed E-state index contributed by atoms with van der Waals surface area (Å²) < 4.78 is 5.34. The van der Waals surface area contributed by atoms with Crippen LogP contribution in [0.4, 0.5) is 0 Å². The number of carbonyl (C=O) groups excluding carboxylic acids is 2. The van der Waals surface area contributed by atoms with Crippen molar-refractivity contribution in [3.05, 3.63) is 67.3 Å². The predicted molar refractivity (Wildman–Crippen MR) is 113 cm³/mol. The Hall–Kier alpha value is -2.38. The Kier molecular flexibility index (Phi) is 6.36. The number of carbonyl (C=O) groups is 2. The molecule has 0 radical (unpaired) electrons. The first-order valence-electron chi connectivity index (χ1n) is 9.11. The molecule has 28 heavy (non-hydrogen) atoms. The Morgan fingerprint density at radius 2 is 1.64 bits per heavy atom. The third-order valence-corrected chi connectivity index (χ3v) is 6.06. The molecule has 5 nitrogen and oxygen atoms in total. The number of H-pyrrole nitrogens is 1. The van der Waals surface area contributed by atoms with Gasteiger partial charge in [-0.05, 0) is 56.2 Å². The lowest BCUT2D eigenvalue weighted by molar-refractivity contribution is 0.0376. The summed E-state index contributed by atoms with van der Waals surface area (Å²) in [5.74, 6) is -0.519. The highest BCUT2D eigenvalue weighted by Crippen LogP contribution is 2.24. The lowest BCUT2D eigenvalue weighted by Gasteiger charge is -2.21. The fourth-order valence-electron chi connectivity index (χ4n) is 3.08. The van der Waals surface area contributed by atoms with Gasteiger partial charge in [0.1, 0.15) is 5.69 Å². The second-order valence-corrected chi connectivity index (χ2v) is 8.96. The Labute approximate surface area is 173 Å². The molecule has 0 spiro atoms. The van der Waals surface area contributed by atoms with Crippen LogP contribution in [-0.2, 0) is 17.8 Å². The smallest absolute Gasteiger partial charge is 0.340 e. The molecule has 7 heteroatoms. The second-order valence-electron chi connectivity index (χ2n) is 6.90. The van der Waals surface area contributed by atoms with Gasteiger partial charge in [-0.2, -0.15) is 0 Å². The number of aromatic nitrogens is 1. The van der Waals surface area contributed by atoms with Crippen molar-refractivity contribution in [2.75, 3.05) is 0 Å². The fourth-order valence-corrected chi connectivity index (χ4v) is 4.52. The zero-order chi connectivity index (χ0) is 20.3. The van der Waals surface area contributed by atoms with E-state index in [2.05, 4.69) is 4.98 Å². The van der Waals surface area contributed by atoms with Crippen LogP contribution in [-0.4, -0.2) is 27.9 Å². The molecule has 148 valence electrons. The van der Waals surface area contributed by atoms with E-state index in [0.29, 0.717) is 35.6 Å². The van der Waals surface area contributed by atoms with E-state index in [0.717, 1.165) is 9.75 Å². The number of thiophene rings is 2. The van der Waals surface area contributed by atoms with Crippen molar-refractivity contribution in [2.24, 2.45) is 0 Å². The molecule has 3 aromatic heterocycles. The van der Waals surface area contributed by atoms with Crippen molar-refractivity contribution in [3.63, 3.8) is 0 Å². The summed E-state index contributed by atoms with van der Waals surface area (Å²) in [5.41, 5.74) is 2.18. The number of aryl methyl sites for hydroxylation is 1. The minimum Gasteiger partial charge on any atom is -0.459 e. The van der Waals surface area contributed by atoms with E-state index in [1.807, 2.05) is 53.8 Å². The van der Waals surface area contributed by atoms with Crippen molar-refractivity contribution >= 4 is 34.6 Å². The van der Waals surface area contributed by atoms with Crippen LogP contribution in [0.1, 0.15) is 55.7 Å². The molecule has 0 aliphatic carbocycles. The van der Waals surface area contributed by atoms with Crippen LogP contribution in [0.25, 0.3) is 0 Å². The van der Waals surface area contributed by atoms with E-state index in [9.17, 15) is 9.59 Å². The van der Waals surface area contributed by atoms with Crippen molar-refractivity contribution in [1.29, 1.82) is 0 Å². The molecule has 1 N–H and O–H groups in total. The normalized spacial score (nSPS) is 11.0. The van der Waals surface area contributed by atoms with Gasteiger partial charge in [0.2, 0.25) is 0 Å². The van der Waals surface area contributed by atoms with Crippen LogP contribution in [0.2, 0.25) is 0 Å². The average molecular weight is 417 g/mol. The summed E-state index contributed by atoms with van der Waals surface area (Å²) >= 11 is 3.25. The maximum atomic E-state index is 13.4. The molecule has 3 aromatic rings. The highest BCUT2D eigenvalue weighted by Gasteiger charge is 2.27. The number of rotatable bonds is 7. The van der Waals surface area contributed by atoms with Crippen LogP contribution in [0.3, 0.4) is 0 Å². The second kappa shape index (κ2) is 8.75. The van der Waals surface area contributed by atoms with Gasteiger partial charge >= 0.3 is 5.97 Å².